The molecule has 220 valence electrons. The van der Waals surface area contributed by atoms with E-state index in [1.165, 1.54) is 76.5 Å². The van der Waals surface area contributed by atoms with Crippen molar-refractivity contribution in [2.75, 3.05) is 5.32 Å². The van der Waals surface area contributed by atoms with Gasteiger partial charge in [0.15, 0.2) is 0 Å². The zero-order chi connectivity index (χ0) is 31.2. The van der Waals surface area contributed by atoms with Gasteiger partial charge in [-0.25, -0.2) is 0 Å². The largest absolute Gasteiger partial charge is 0.356 e. The maximum absolute atomic E-state index is 3.63. The molecule has 0 amide bonds. The van der Waals surface area contributed by atoms with Crippen LogP contribution in [0.3, 0.4) is 0 Å². The predicted octanol–water partition coefficient (Wildman–Crippen LogP) is 13.0. The molecule has 0 saturated carbocycles. The monoisotopic (exact) mass is 597 g/mol. The fourth-order valence-corrected chi connectivity index (χ4v) is 7.10. The second-order valence-electron chi connectivity index (χ2n) is 12.2. The molecule has 1 heteroatoms. The summed E-state index contributed by atoms with van der Waals surface area (Å²) in [5.41, 5.74) is 9.60. The van der Waals surface area contributed by atoms with Crippen molar-refractivity contribution in [3.05, 3.63) is 182 Å². The molecule has 1 N–H and O–H groups in total. The van der Waals surface area contributed by atoms with Crippen molar-refractivity contribution >= 4 is 54.5 Å². The Kier molecular flexibility index (Phi) is 6.54. The normalized spacial score (nSPS) is 11.4. The summed E-state index contributed by atoms with van der Waals surface area (Å²) < 4.78 is 0. The van der Waals surface area contributed by atoms with Crippen LogP contribution in [-0.4, -0.2) is 0 Å². The Hall–Kier alpha value is -6.18. The van der Waals surface area contributed by atoms with E-state index in [2.05, 4.69) is 187 Å². The zero-order valence-corrected chi connectivity index (χ0v) is 25.8. The van der Waals surface area contributed by atoms with Gasteiger partial charge >= 0.3 is 0 Å². The van der Waals surface area contributed by atoms with Crippen molar-refractivity contribution in [3.63, 3.8) is 0 Å². The lowest BCUT2D eigenvalue weighted by molar-refractivity contribution is 1.56. The van der Waals surface area contributed by atoms with Crippen LogP contribution in [0.1, 0.15) is 0 Å². The van der Waals surface area contributed by atoms with E-state index < -0.39 is 0 Å². The summed E-state index contributed by atoms with van der Waals surface area (Å²) >= 11 is 0. The van der Waals surface area contributed by atoms with E-state index in [1.54, 1.807) is 0 Å². The standard InChI is InChI=1S/C46H31N/c1-2-10-31(11-3-1)40-26-27-41(44-16-7-6-15-43(40)44)32-20-23-37(24-21-32)47-38-25-22-33-28-36(19-18-34(33)29-38)46-30-35-12-4-5-13-39(35)42-14-8-9-17-45(42)46/h1-30,47H. The molecule has 0 spiro atoms. The molecule has 9 aromatic rings. The van der Waals surface area contributed by atoms with Crippen LogP contribution in [0.4, 0.5) is 11.4 Å². The second kappa shape index (κ2) is 11.3. The molecule has 1 nitrogen and oxygen atoms in total. The number of fused-ring (bicyclic) bond motifs is 5. The highest BCUT2D eigenvalue weighted by Gasteiger charge is 2.11. The maximum Gasteiger partial charge on any atom is 0.0390 e. The van der Waals surface area contributed by atoms with Crippen LogP contribution >= 0.6 is 0 Å². The minimum absolute atomic E-state index is 1.07. The Morgan fingerprint density at radius 3 is 1.49 bits per heavy atom. The van der Waals surface area contributed by atoms with Crippen LogP contribution in [0.2, 0.25) is 0 Å². The third kappa shape index (κ3) is 4.90. The fraction of sp³-hybridized carbons (Fsp3) is 0. The van der Waals surface area contributed by atoms with Crippen molar-refractivity contribution < 1.29 is 0 Å². The molecule has 0 fully saturated rings. The van der Waals surface area contributed by atoms with Gasteiger partial charge in [0.2, 0.25) is 0 Å². The van der Waals surface area contributed by atoms with E-state index in [4.69, 9.17) is 0 Å². The molecule has 47 heavy (non-hydrogen) atoms. The molecule has 0 bridgehead atoms. The number of benzene rings is 9. The highest BCUT2D eigenvalue weighted by molar-refractivity contribution is 6.14. The van der Waals surface area contributed by atoms with Gasteiger partial charge in [0.25, 0.3) is 0 Å². The lowest BCUT2D eigenvalue weighted by atomic mass is 9.92. The molecule has 0 unspecified atom stereocenters. The lowest BCUT2D eigenvalue weighted by Crippen LogP contribution is -1.91. The molecule has 0 aliphatic heterocycles. The summed E-state index contributed by atoms with van der Waals surface area (Å²) in [7, 11) is 0. The Morgan fingerprint density at radius 2 is 0.766 bits per heavy atom. The van der Waals surface area contributed by atoms with E-state index in [0.717, 1.165) is 11.4 Å². The summed E-state index contributed by atoms with van der Waals surface area (Å²) in [5, 5.41) is 13.8. The first-order valence-electron chi connectivity index (χ1n) is 16.2. The van der Waals surface area contributed by atoms with Crippen LogP contribution in [0.15, 0.2) is 182 Å². The molecule has 0 radical (unpaired) electrons. The van der Waals surface area contributed by atoms with Gasteiger partial charge in [-0.05, 0) is 113 Å². The predicted molar refractivity (Wildman–Crippen MR) is 202 cm³/mol. The molecular formula is C46H31N. The third-order valence-electron chi connectivity index (χ3n) is 9.41. The second-order valence-corrected chi connectivity index (χ2v) is 12.2. The Bertz CT molecular complexity index is 2580. The maximum atomic E-state index is 3.63. The minimum Gasteiger partial charge on any atom is -0.356 e. The Labute approximate surface area is 274 Å². The first-order valence-corrected chi connectivity index (χ1v) is 16.2. The molecule has 0 aliphatic rings. The van der Waals surface area contributed by atoms with Crippen LogP contribution in [-0.2, 0) is 0 Å². The molecule has 0 saturated heterocycles. The summed E-state index contributed by atoms with van der Waals surface area (Å²) in [6.45, 7) is 0. The average Bonchev–Trinajstić information content (AvgIpc) is 3.14. The van der Waals surface area contributed by atoms with Gasteiger partial charge in [-0.1, -0.05) is 146 Å². The van der Waals surface area contributed by atoms with Gasteiger partial charge < -0.3 is 5.32 Å². The van der Waals surface area contributed by atoms with Gasteiger partial charge in [-0.15, -0.1) is 0 Å². The van der Waals surface area contributed by atoms with Gasteiger partial charge in [0.05, 0.1) is 0 Å². The first-order chi connectivity index (χ1) is 23.3. The number of hydrogen-bond donors (Lipinski definition) is 1. The topological polar surface area (TPSA) is 12.0 Å². The van der Waals surface area contributed by atoms with Crippen LogP contribution in [0.5, 0.6) is 0 Å². The number of rotatable bonds is 5. The number of anilines is 2. The highest BCUT2D eigenvalue weighted by Crippen LogP contribution is 2.38. The molecule has 9 aromatic carbocycles. The quantitative estimate of drug-likeness (QED) is 0.195. The molecule has 0 aliphatic carbocycles. The van der Waals surface area contributed by atoms with Crippen molar-refractivity contribution in [2.45, 2.75) is 0 Å². The molecule has 0 aromatic heterocycles. The summed E-state index contributed by atoms with van der Waals surface area (Å²) in [6.07, 6.45) is 0. The van der Waals surface area contributed by atoms with E-state index in [-0.39, 0.29) is 0 Å². The van der Waals surface area contributed by atoms with E-state index in [1.807, 2.05) is 0 Å². The van der Waals surface area contributed by atoms with Crippen molar-refractivity contribution in [1.29, 1.82) is 0 Å². The average molecular weight is 598 g/mol. The van der Waals surface area contributed by atoms with Crippen LogP contribution < -0.4 is 5.32 Å². The Morgan fingerprint density at radius 1 is 0.255 bits per heavy atom. The SMILES string of the molecule is c1ccc(-c2ccc(-c3ccc(Nc4ccc5cc(-c6cc7ccccc7c7ccccc67)ccc5c4)cc3)c3ccccc23)cc1. The van der Waals surface area contributed by atoms with Gasteiger partial charge in [0, 0.05) is 11.4 Å². The fourth-order valence-electron chi connectivity index (χ4n) is 7.10. The lowest BCUT2D eigenvalue weighted by Gasteiger charge is -2.14. The van der Waals surface area contributed by atoms with Gasteiger partial charge in [-0.2, -0.15) is 0 Å². The molecular weight excluding hydrogens is 567 g/mol. The summed E-state index contributed by atoms with van der Waals surface area (Å²) in [6, 6.07) is 65.8. The van der Waals surface area contributed by atoms with Gasteiger partial charge in [0.1, 0.15) is 0 Å². The zero-order valence-electron chi connectivity index (χ0n) is 25.8. The molecule has 0 heterocycles. The van der Waals surface area contributed by atoms with E-state index in [9.17, 15) is 0 Å². The summed E-state index contributed by atoms with van der Waals surface area (Å²) in [4.78, 5) is 0. The first kappa shape index (κ1) is 27.2. The number of nitrogens with one attached hydrogen (secondary N) is 1. The van der Waals surface area contributed by atoms with E-state index >= 15 is 0 Å². The number of hydrogen-bond acceptors (Lipinski definition) is 1. The van der Waals surface area contributed by atoms with Gasteiger partial charge in [-0.3, -0.25) is 0 Å². The summed E-state index contributed by atoms with van der Waals surface area (Å²) in [5.74, 6) is 0. The highest BCUT2D eigenvalue weighted by atomic mass is 14.9. The minimum atomic E-state index is 1.07. The van der Waals surface area contributed by atoms with Crippen LogP contribution in [0.25, 0.3) is 76.5 Å². The Balaban J connectivity index is 1.01. The van der Waals surface area contributed by atoms with Crippen molar-refractivity contribution in [1.82, 2.24) is 0 Å². The third-order valence-corrected chi connectivity index (χ3v) is 9.41. The molecule has 0 atom stereocenters. The van der Waals surface area contributed by atoms with Crippen LogP contribution in [0, 0.1) is 0 Å². The van der Waals surface area contributed by atoms with E-state index in [0.29, 0.717) is 0 Å². The van der Waals surface area contributed by atoms with Crippen molar-refractivity contribution in [2.24, 2.45) is 0 Å². The smallest absolute Gasteiger partial charge is 0.0390 e. The molecule has 9 rings (SSSR count). The van der Waals surface area contributed by atoms with Crippen molar-refractivity contribution in [3.8, 4) is 33.4 Å².